The number of hydrogen-bond donors (Lipinski definition) is 0. The molecule has 13 rings (SSSR count). The van der Waals surface area contributed by atoms with Crippen molar-refractivity contribution in [2.75, 3.05) is 0 Å². The number of benzene rings is 1. The van der Waals surface area contributed by atoms with Crippen LogP contribution in [0.5, 0.6) is 0 Å². The van der Waals surface area contributed by atoms with Gasteiger partial charge in [0.15, 0.2) is 39.7 Å². The molecule has 0 aliphatic rings. The molecule has 66 heavy (non-hydrogen) atoms. The third-order valence-corrected chi connectivity index (χ3v) is 11.7. The van der Waals surface area contributed by atoms with Crippen LogP contribution in [0.4, 0.5) is 0 Å². The normalized spacial score (nSPS) is 11.6. The van der Waals surface area contributed by atoms with Gasteiger partial charge in [0.2, 0.25) is 0 Å². The van der Waals surface area contributed by atoms with Crippen LogP contribution in [-0.2, 0) is 0 Å². The van der Waals surface area contributed by atoms with Crippen LogP contribution >= 0.6 is 0 Å². The average Bonchev–Trinajstić information content (AvgIpc) is 3.39. The SMILES string of the molecule is c1cnc2nc(-c3c(-c4ccc5cccnc5n4)c(-c4ccc5cccnc5n4)c(-c4ncc5cccnc5n4)c(-c4ccc5cccnc5n4)c3-c3ccc4cccnc4n3)ccc2c1. The van der Waals surface area contributed by atoms with Crippen molar-refractivity contribution >= 4 is 66.2 Å². The molecule has 0 radical (unpaired) electrons. The maximum atomic E-state index is 5.35. The minimum Gasteiger partial charge on any atom is -0.237 e. The molecule has 0 atom stereocenters. The van der Waals surface area contributed by atoms with Gasteiger partial charge < -0.3 is 0 Å². The van der Waals surface area contributed by atoms with Crippen molar-refractivity contribution in [3.63, 3.8) is 0 Å². The number of hydrogen-bond acceptors (Lipinski definition) is 13. The van der Waals surface area contributed by atoms with Crippen LogP contribution in [0.3, 0.4) is 0 Å². The number of fused-ring (bicyclic) bond motifs is 6. The van der Waals surface area contributed by atoms with Gasteiger partial charge in [-0.05, 0) is 133 Å². The Morgan fingerprint density at radius 3 is 0.773 bits per heavy atom. The summed E-state index contributed by atoms with van der Waals surface area (Å²) < 4.78 is 0. The first kappa shape index (κ1) is 37.1. The fourth-order valence-corrected chi connectivity index (χ4v) is 8.70. The van der Waals surface area contributed by atoms with E-state index >= 15 is 0 Å². The first-order chi connectivity index (χ1) is 32.7. The molecule has 12 aromatic heterocycles. The Labute approximate surface area is 374 Å². The predicted octanol–water partition coefficient (Wildman–Crippen LogP) is 10.7. The minimum absolute atomic E-state index is 0.372. The van der Waals surface area contributed by atoms with Gasteiger partial charge in [0.05, 0.1) is 28.5 Å². The molecule has 0 aliphatic carbocycles. The second kappa shape index (κ2) is 15.1. The van der Waals surface area contributed by atoms with E-state index in [1.165, 1.54) is 0 Å². The van der Waals surface area contributed by atoms with Crippen molar-refractivity contribution in [1.29, 1.82) is 0 Å². The van der Waals surface area contributed by atoms with Crippen LogP contribution in [0, 0.1) is 0 Å². The zero-order chi connectivity index (χ0) is 43.6. The molecule has 0 saturated heterocycles. The summed E-state index contributed by atoms with van der Waals surface area (Å²) in [5.41, 5.74) is 10.2. The Bertz CT molecular complexity index is 3400. The minimum atomic E-state index is 0.372. The lowest BCUT2D eigenvalue weighted by Crippen LogP contribution is -2.07. The monoisotopic (exact) mass is 847 g/mol. The highest BCUT2D eigenvalue weighted by Gasteiger charge is 2.33. The predicted molar refractivity (Wildman–Crippen MR) is 255 cm³/mol. The second-order valence-corrected chi connectivity index (χ2v) is 15.6. The van der Waals surface area contributed by atoms with Crippen molar-refractivity contribution in [2.24, 2.45) is 0 Å². The van der Waals surface area contributed by atoms with Crippen molar-refractivity contribution < 1.29 is 0 Å². The van der Waals surface area contributed by atoms with Gasteiger partial charge in [-0.3, -0.25) is 0 Å². The molecule has 0 aliphatic heterocycles. The number of aromatic nitrogens is 13. The Kier molecular flexibility index (Phi) is 8.49. The molecule has 13 aromatic rings. The highest BCUT2D eigenvalue weighted by atomic mass is 14.9. The summed E-state index contributed by atoms with van der Waals surface area (Å²) in [6, 6.07) is 43.5. The van der Waals surface area contributed by atoms with E-state index in [-0.39, 0.29) is 0 Å². The highest BCUT2D eigenvalue weighted by Crippen LogP contribution is 2.54. The molecule has 1 aromatic carbocycles. The maximum absolute atomic E-state index is 5.35. The van der Waals surface area contributed by atoms with E-state index < -0.39 is 0 Å². The van der Waals surface area contributed by atoms with Crippen molar-refractivity contribution in [3.8, 4) is 67.7 Å². The summed E-state index contributed by atoms with van der Waals surface area (Å²) in [6.07, 6.45) is 12.2. The molecule has 13 nitrogen and oxygen atoms in total. The molecule has 0 saturated carbocycles. The smallest absolute Gasteiger partial charge is 0.163 e. The summed E-state index contributed by atoms with van der Waals surface area (Å²) in [4.78, 5) is 65.6. The lowest BCUT2D eigenvalue weighted by Gasteiger charge is -2.26. The second-order valence-electron chi connectivity index (χ2n) is 15.6. The molecule has 0 bridgehead atoms. The number of rotatable bonds is 6. The Hall–Kier alpha value is -9.49. The van der Waals surface area contributed by atoms with Gasteiger partial charge in [0.25, 0.3) is 0 Å². The van der Waals surface area contributed by atoms with Gasteiger partial charge in [-0.15, -0.1) is 0 Å². The van der Waals surface area contributed by atoms with E-state index in [1.807, 2.05) is 133 Å². The highest BCUT2D eigenvalue weighted by molar-refractivity contribution is 6.14. The standard InChI is InChI=1S/C53H29N13/c1-7-30-13-18-36(61-47(30)54-23-1)41-42(37-19-14-31-8-2-24-55-48(31)62-37)44(39-21-16-33-10-4-26-57-50(33)64-39)46(53-60-29-35-12-6-28-59-52(35)66-53)45(40-22-17-34-11-5-27-58-51(34)65-40)43(41)38-20-15-32-9-3-25-56-49(32)63-38/h1-29H. The summed E-state index contributed by atoms with van der Waals surface area (Å²) in [6.45, 7) is 0. The van der Waals surface area contributed by atoms with Crippen LogP contribution in [0.1, 0.15) is 0 Å². The van der Waals surface area contributed by atoms with E-state index in [0.717, 1.165) is 32.3 Å². The van der Waals surface area contributed by atoms with Crippen LogP contribution in [0.25, 0.3) is 134 Å². The van der Waals surface area contributed by atoms with E-state index in [2.05, 4.69) is 0 Å². The average molecular weight is 848 g/mol. The topological polar surface area (TPSA) is 168 Å². The van der Waals surface area contributed by atoms with Gasteiger partial charge in [-0.1, -0.05) is 0 Å². The molecule has 13 heteroatoms. The lowest BCUT2D eigenvalue weighted by molar-refractivity contribution is 1.18. The van der Waals surface area contributed by atoms with Crippen LogP contribution in [-0.4, -0.2) is 64.8 Å². The quantitative estimate of drug-likeness (QED) is 0.155. The first-order valence-corrected chi connectivity index (χ1v) is 21.1. The Balaban J connectivity index is 1.32. The van der Waals surface area contributed by atoms with Crippen molar-refractivity contribution in [1.82, 2.24) is 64.8 Å². The summed E-state index contributed by atoms with van der Waals surface area (Å²) in [5, 5.41) is 5.16. The molecule has 0 amide bonds. The number of pyridine rings is 11. The van der Waals surface area contributed by atoms with Gasteiger partial charge in [-0.25, -0.2) is 64.8 Å². The fourth-order valence-electron chi connectivity index (χ4n) is 8.70. The largest absolute Gasteiger partial charge is 0.237 e. The zero-order valence-electron chi connectivity index (χ0n) is 34.6. The Morgan fingerprint density at radius 1 is 0.212 bits per heavy atom. The molecule has 0 unspecified atom stereocenters. The Morgan fingerprint density at radius 2 is 0.470 bits per heavy atom. The summed E-state index contributed by atoms with van der Waals surface area (Å²) >= 11 is 0. The molecular formula is C53H29N13. The third kappa shape index (κ3) is 6.21. The van der Waals surface area contributed by atoms with Crippen molar-refractivity contribution in [3.05, 3.63) is 177 Å². The zero-order valence-corrected chi connectivity index (χ0v) is 34.6. The van der Waals surface area contributed by atoms with Crippen molar-refractivity contribution in [2.45, 2.75) is 0 Å². The molecule has 12 heterocycles. The van der Waals surface area contributed by atoms with Crippen LogP contribution in [0.2, 0.25) is 0 Å². The van der Waals surface area contributed by atoms with Gasteiger partial charge in [-0.2, -0.15) is 0 Å². The van der Waals surface area contributed by atoms with E-state index in [1.54, 1.807) is 43.4 Å². The first-order valence-electron chi connectivity index (χ1n) is 21.1. The molecule has 306 valence electrons. The van der Waals surface area contributed by atoms with E-state index in [4.69, 9.17) is 64.8 Å². The number of nitrogens with zero attached hydrogens (tertiary/aromatic N) is 13. The van der Waals surface area contributed by atoms with E-state index in [0.29, 0.717) is 102 Å². The third-order valence-electron chi connectivity index (χ3n) is 11.7. The van der Waals surface area contributed by atoms with Gasteiger partial charge in [0, 0.05) is 109 Å². The van der Waals surface area contributed by atoms with Crippen LogP contribution < -0.4 is 0 Å². The lowest BCUT2D eigenvalue weighted by atomic mass is 9.79. The van der Waals surface area contributed by atoms with E-state index in [9.17, 15) is 0 Å². The van der Waals surface area contributed by atoms with Gasteiger partial charge in [0.1, 0.15) is 0 Å². The molecular weight excluding hydrogens is 819 g/mol. The van der Waals surface area contributed by atoms with Crippen LogP contribution in [0.15, 0.2) is 177 Å². The van der Waals surface area contributed by atoms with Gasteiger partial charge >= 0.3 is 0 Å². The fraction of sp³-hybridized carbons (Fsp3) is 0. The summed E-state index contributed by atoms with van der Waals surface area (Å²) in [5.74, 6) is 0.372. The summed E-state index contributed by atoms with van der Waals surface area (Å²) in [7, 11) is 0. The maximum Gasteiger partial charge on any atom is 0.163 e. The molecule has 0 fully saturated rings. The molecule has 0 spiro atoms. The molecule has 0 N–H and O–H groups in total.